The summed E-state index contributed by atoms with van der Waals surface area (Å²) in [6.45, 7) is 6.10. The van der Waals surface area contributed by atoms with Crippen molar-refractivity contribution in [1.29, 1.82) is 0 Å². The van der Waals surface area contributed by atoms with Gasteiger partial charge in [-0.15, -0.1) is 0 Å². The van der Waals surface area contributed by atoms with Gasteiger partial charge in [-0.3, -0.25) is 15.0 Å². The minimum absolute atomic E-state index is 0.0584. The van der Waals surface area contributed by atoms with E-state index in [-0.39, 0.29) is 6.08 Å². The van der Waals surface area contributed by atoms with Gasteiger partial charge >= 0.3 is 12.1 Å². The van der Waals surface area contributed by atoms with Gasteiger partial charge in [0.25, 0.3) is 5.91 Å². The molecule has 1 amide bonds. The number of nitrogens with one attached hydrogen (secondary N) is 2. The maximum absolute atomic E-state index is 12.8. The summed E-state index contributed by atoms with van der Waals surface area (Å²) >= 11 is 0. The second kappa shape index (κ2) is 8.36. The number of hydrazine groups is 1. The van der Waals surface area contributed by atoms with Crippen LogP contribution in [-0.4, -0.2) is 30.4 Å². The molecule has 0 unspecified atom stereocenters. The molecule has 0 fully saturated rings. The number of hydrogen-bond acceptors (Lipinski definition) is 4. The molecule has 2 N–H and O–H groups in total. The number of allylic oxidation sites excluding steroid dienone is 2. The van der Waals surface area contributed by atoms with E-state index >= 15 is 0 Å². The van der Waals surface area contributed by atoms with Gasteiger partial charge in [0, 0.05) is 11.8 Å². The second-order valence-corrected chi connectivity index (χ2v) is 5.95. The van der Waals surface area contributed by atoms with Crippen LogP contribution in [0.15, 0.2) is 23.9 Å². The van der Waals surface area contributed by atoms with Gasteiger partial charge in [-0.25, -0.2) is 0 Å². The van der Waals surface area contributed by atoms with Crippen molar-refractivity contribution >= 4 is 11.7 Å². The Kier molecular flexibility index (Phi) is 6.93. The van der Waals surface area contributed by atoms with Crippen molar-refractivity contribution in [3.8, 4) is 5.75 Å². The zero-order chi connectivity index (χ0) is 21.0. The molecule has 0 saturated heterocycles. The van der Waals surface area contributed by atoms with Crippen molar-refractivity contribution in [2.45, 2.75) is 39.8 Å². The molecule has 150 valence electrons. The molecule has 0 aliphatic rings. The third-order valence-electron chi connectivity index (χ3n) is 3.36. The number of rotatable bonds is 7. The van der Waals surface area contributed by atoms with Gasteiger partial charge in [-0.05, 0) is 38.8 Å². The fraction of sp³-hybridized carbons (Fsp3) is 0.412. The number of benzene rings is 1. The topological polar surface area (TPSA) is 67.4 Å². The van der Waals surface area contributed by atoms with Crippen LogP contribution in [-0.2, 0) is 9.59 Å². The first kappa shape index (κ1) is 22.4. The lowest BCUT2D eigenvalue weighted by molar-refractivity contribution is -0.266. The van der Waals surface area contributed by atoms with E-state index in [1.54, 1.807) is 13.8 Å². The number of aryl methyl sites for hydroxylation is 3. The van der Waals surface area contributed by atoms with Gasteiger partial charge < -0.3 is 10.2 Å². The summed E-state index contributed by atoms with van der Waals surface area (Å²) in [6, 6.07) is 3.72. The molecule has 0 heterocycles. The van der Waals surface area contributed by atoms with Crippen LogP contribution >= 0.6 is 0 Å². The molecule has 1 aromatic rings. The molecule has 0 spiro atoms. The molecule has 0 bridgehead atoms. The van der Waals surface area contributed by atoms with Gasteiger partial charge in [0.05, 0.1) is 0 Å². The van der Waals surface area contributed by atoms with Crippen molar-refractivity contribution in [2.24, 2.45) is 0 Å². The van der Waals surface area contributed by atoms with E-state index in [2.05, 4.69) is 5.43 Å². The molecule has 27 heavy (non-hydrogen) atoms. The number of carbonyl (C=O) groups is 2. The molecule has 0 saturated carbocycles. The number of ketones is 1. The number of hydrogen-bond donors (Lipinski definition) is 2. The quantitative estimate of drug-likeness (QED) is 0.423. The first-order valence-corrected chi connectivity index (χ1v) is 7.68. The number of alkyl halides is 5. The molecule has 1 rings (SSSR count). The average Bonchev–Trinajstić information content (AvgIpc) is 2.50. The fourth-order valence-corrected chi connectivity index (χ4v) is 2.20. The summed E-state index contributed by atoms with van der Waals surface area (Å²) in [4.78, 5) is 22.8. The van der Waals surface area contributed by atoms with Gasteiger partial charge in [0.2, 0.25) is 5.78 Å². The van der Waals surface area contributed by atoms with Crippen LogP contribution in [0.2, 0.25) is 0 Å². The van der Waals surface area contributed by atoms with Gasteiger partial charge in [-0.1, -0.05) is 17.7 Å². The first-order chi connectivity index (χ1) is 12.3. The number of ether oxygens (including phenoxy) is 1. The Labute approximate surface area is 152 Å². The highest BCUT2D eigenvalue weighted by Gasteiger charge is 2.62. The van der Waals surface area contributed by atoms with E-state index in [4.69, 9.17) is 4.74 Å². The van der Waals surface area contributed by atoms with E-state index in [0.717, 1.165) is 23.6 Å². The molecular formula is C17H19F5N2O3. The molecule has 0 aromatic heterocycles. The lowest BCUT2D eigenvalue weighted by atomic mass is 10.1. The first-order valence-electron chi connectivity index (χ1n) is 7.68. The summed E-state index contributed by atoms with van der Waals surface area (Å²) < 4.78 is 67.4. The summed E-state index contributed by atoms with van der Waals surface area (Å²) in [6.07, 6.45) is -5.94. The van der Waals surface area contributed by atoms with Crippen LogP contribution < -0.4 is 15.6 Å². The molecular weight excluding hydrogens is 375 g/mol. The molecule has 1 aromatic carbocycles. The van der Waals surface area contributed by atoms with Crippen molar-refractivity contribution in [3.63, 3.8) is 0 Å². The maximum atomic E-state index is 12.8. The lowest BCUT2D eigenvalue weighted by Crippen LogP contribution is -2.44. The Hall–Kier alpha value is -2.65. The van der Waals surface area contributed by atoms with Crippen LogP contribution in [0.25, 0.3) is 0 Å². The number of halogens is 5. The third kappa shape index (κ3) is 5.93. The molecule has 5 nitrogen and oxygen atoms in total. The van der Waals surface area contributed by atoms with Crippen LogP contribution in [0.1, 0.15) is 23.6 Å². The van der Waals surface area contributed by atoms with E-state index in [0.29, 0.717) is 5.75 Å². The molecule has 0 aliphatic carbocycles. The summed E-state index contributed by atoms with van der Waals surface area (Å²) in [7, 11) is 0. The Morgan fingerprint density at radius 1 is 1.04 bits per heavy atom. The Balaban J connectivity index is 2.61. The number of amides is 1. The highest BCUT2D eigenvalue weighted by Crippen LogP contribution is 2.36. The van der Waals surface area contributed by atoms with Crippen LogP contribution in [0.4, 0.5) is 22.0 Å². The minimum atomic E-state index is -6.00. The lowest BCUT2D eigenvalue weighted by Gasteiger charge is -2.17. The summed E-state index contributed by atoms with van der Waals surface area (Å²) in [5, 5.41) is 0. The van der Waals surface area contributed by atoms with E-state index < -0.39 is 36.1 Å². The molecule has 0 aliphatic heterocycles. The van der Waals surface area contributed by atoms with Gasteiger partial charge in [0.15, 0.2) is 6.61 Å². The zero-order valence-corrected chi connectivity index (χ0v) is 15.1. The Morgan fingerprint density at radius 3 is 2.04 bits per heavy atom. The second-order valence-electron chi connectivity index (χ2n) is 5.95. The highest BCUT2D eigenvalue weighted by atomic mass is 19.4. The standard InChI is InChI=1S/C17H19F5N2O3/c1-9-5-10(2)15(11(3)6-9)27-8-14(26)24-23-12(4)7-13(25)16(18,19)17(20,21)22/h5-7,23H,8H2,1-4H3,(H,24,26)/b12-7+. The average molecular weight is 394 g/mol. The van der Waals surface area contributed by atoms with E-state index in [1.807, 2.05) is 24.5 Å². The van der Waals surface area contributed by atoms with Gasteiger partial charge in [-0.2, -0.15) is 22.0 Å². The normalized spacial score (nSPS) is 12.6. The van der Waals surface area contributed by atoms with Crippen LogP contribution in [0.5, 0.6) is 5.75 Å². The van der Waals surface area contributed by atoms with Crippen molar-refractivity contribution < 1.29 is 36.3 Å². The molecule has 0 radical (unpaired) electrons. The zero-order valence-electron chi connectivity index (χ0n) is 15.1. The van der Waals surface area contributed by atoms with E-state index in [9.17, 15) is 31.5 Å². The maximum Gasteiger partial charge on any atom is 0.461 e. The van der Waals surface area contributed by atoms with Crippen molar-refractivity contribution in [2.75, 3.05) is 6.61 Å². The van der Waals surface area contributed by atoms with E-state index in [1.165, 1.54) is 0 Å². The SMILES string of the molecule is C/C(=C\C(=O)C(F)(F)C(F)(F)F)NNC(=O)COc1c(C)cc(C)cc1C. The third-order valence-corrected chi connectivity index (χ3v) is 3.36. The minimum Gasteiger partial charge on any atom is -0.483 e. The van der Waals surface area contributed by atoms with Crippen LogP contribution in [0, 0.1) is 20.8 Å². The van der Waals surface area contributed by atoms with Gasteiger partial charge in [0.1, 0.15) is 5.75 Å². The van der Waals surface area contributed by atoms with Crippen molar-refractivity contribution in [1.82, 2.24) is 10.9 Å². The fourth-order valence-electron chi connectivity index (χ4n) is 2.20. The summed E-state index contributed by atoms with van der Waals surface area (Å²) in [5.74, 6) is -8.18. The molecule has 10 heteroatoms. The smallest absolute Gasteiger partial charge is 0.461 e. The molecule has 0 atom stereocenters. The largest absolute Gasteiger partial charge is 0.483 e. The van der Waals surface area contributed by atoms with Crippen molar-refractivity contribution in [3.05, 3.63) is 40.6 Å². The highest BCUT2D eigenvalue weighted by molar-refractivity contribution is 5.96. The predicted molar refractivity (Wildman–Crippen MR) is 87.2 cm³/mol. The Morgan fingerprint density at radius 2 is 1.56 bits per heavy atom. The monoisotopic (exact) mass is 394 g/mol. The van der Waals surface area contributed by atoms with Crippen LogP contribution in [0.3, 0.4) is 0 Å². The summed E-state index contributed by atoms with van der Waals surface area (Å²) in [5.41, 5.74) is 6.34. The predicted octanol–water partition coefficient (Wildman–Crippen LogP) is 3.28. The Bertz CT molecular complexity index is 734. The number of carbonyl (C=O) groups excluding carboxylic acids is 2.